The lowest BCUT2D eigenvalue weighted by atomic mass is 10.00. The van der Waals surface area contributed by atoms with E-state index in [-0.39, 0.29) is 0 Å². The van der Waals surface area contributed by atoms with Gasteiger partial charge in [0.05, 0.1) is 16.7 Å². The SMILES string of the molecule is c1ccc(-n2c3ccccc3c3c(N(c4ccc(-c5ccc6oc7c8ccccc8ccc7c6c5)cc4)c4ccc(-c5cccc6c5oc5c7ccccc7ccc65)cc4)cccc32)cc1. The molecule has 0 unspecified atom stereocenters. The molecule has 0 saturated heterocycles. The van der Waals surface area contributed by atoms with Crippen molar-refractivity contribution in [1.82, 2.24) is 4.57 Å². The fourth-order valence-electron chi connectivity index (χ4n) is 10.5. The van der Waals surface area contributed by atoms with Gasteiger partial charge in [0.25, 0.3) is 0 Å². The molecule has 0 bridgehead atoms. The van der Waals surface area contributed by atoms with Crippen LogP contribution in [-0.4, -0.2) is 4.57 Å². The second kappa shape index (κ2) is 14.3. The number of benzene rings is 11. The van der Waals surface area contributed by atoms with Gasteiger partial charge < -0.3 is 18.3 Å². The number of rotatable bonds is 6. The Balaban J connectivity index is 0.925. The minimum Gasteiger partial charge on any atom is -0.455 e. The van der Waals surface area contributed by atoms with Gasteiger partial charge in [0, 0.05) is 65.7 Å². The average molecular weight is 843 g/mol. The summed E-state index contributed by atoms with van der Waals surface area (Å²) >= 11 is 0. The summed E-state index contributed by atoms with van der Waals surface area (Å²) in [5.74, 6) is 0. The lowest BCUT2D eigenvalue weighted by Crippen LogP contribution is -2.10. The highest BCUT2D eigenvalue weighted by molar-refractivity contribution is 6.19. The van der Waals surface area contributed by atoms with Gasteiger partial charge in [-0.3, -0.25) is 0 Å². The fraction of sp³-hybridized carbons (Fsp3) is 0. The highest BCUT2D eigenvalue weighted by atomic mass is 16.3. The number of fused-ring (bicyclic) bond motifs is 13. The molecular formula is C62H38N2O2. The van der Waals surface area contributed by atoms with Gasteiger partial charge in [-0.2, -0.15) is 0 Å². The van der Waals surface area contributed by atoms with Gasteiger partial charge in [-0.15, -0.1) is 0 Å². The lowest BCUT2D eigenvalue weighted by Gasteiger charge is -2.27. The fourth-order valence-corrected chi connectivity index (χ4v) is 10.5. The molecule has 14 rings (SSSR count). The Bertz CT molecular complexity index is 4210. The van der Waals surface area contributed by atoms with E-state index in [9.17, 15) is 0 Å². The maximum atomic E-state index is 6.78. The van der Waals surface area contributed by atoms with Crippen molar-refractivity contribution in [3.05, 3.63) is 231 Å². The lowest BCUT2D eigenvalue weighted by molar-refractivity contribution is 0.672. The Morgan fingerprint density at radius 3 is 1.64 bits per heavy atom. The molecule has 0 radical (unpaired) electrons. The van der Waals surface area contributed by atoms with E-state index in [2.05, 4.69) is 240 Å². The van der Waals surface area contributed by atoms with Crippen LogP contribution in [0.3, 0.4) is 0 Å². The van der Waals surface area contributed by atoms with Crippen LogP contribution in [0.15, 0.2) is 239 Å². The zero-order valence-corrected chi connectivity index (χ0v) is 35.7. The van der Waals surface area contributed by atoms with Crippen molar-refractivity contribution in [2.24, 2.45) is 0 Å². The Hall–Kier alpha value is -8.86. The molecule has 3 heterocycles. The smallest absolute Gasteiger partial charge is 0.143 e. The number of para-hydroxylation sites is 3. The zero-order chi connectivity index (χ0) is 43.3. The summed E-state index contributed by atoms with van der Waals surface area (Å²) < 4.78 is 15.6. The van der Waals surface area contributed by atoms with Crippen LogP contribution in [0.2, 0.25) is 0 Å². The molecule has 4 nitrogen and oxygen atoms in total. The summed E-state index contributed by atoms with van der Waals surface area (Å²) in [6, 6.07) is 82.7. The van der Waals surface area contributed by atoms with Crippen LogP contribution in [0.25, 0.3) is 115 Å². The van der Waals surface area contributed by atoms with Crippen molar-refractivity contribution in [3.63, 3.8) is 0 Å². The van der Waals surface area contributed by atoms with E-state index < -0.39 is 0 Å². The van der Waals surface area contributed by atoms with Crippen molar-refractivity contribution < 1.29 is 8.83 Å². The van der Waals surface area contributed by atoms with Crippen LogP contribution < -0.4 is 4.90 Å². The predicted molar refractivity (Wildman–Crippen MR) is 276 cm³/mol. The van der Waals surface area contributed by atoms with E-state index in [0.717, 1.165) is 105 Å². The van der Waals surface area contributed by atoms with E-state index in [0.29, 0.717) is 0 Å². The number of hydrogen-bond acceptors (Lipinski definition) is 3. The van der Waals surface area contributed by atoms with Crippen LogP contribution in [0, 0.1) is 0 Å². The first-order chi connectivity index (χ1) is 32.7. The summed E-state index contributed by atoms with van der Waals surface area (Å²) in [5, 5.41) is 11.5. The molecule has 0 spiro atoms. The average Bonchev–Trinajstić information content (AvgIpc) is 4.07. The molecule has 3 aromatic heterocycles. The van der Waals surface area contributed by atoms with Gasteiger partial charge >= 0.3 is 0 Å². The molecule has 0 saturated carbocycles. The predicted octanol–water partition coefficient (Wildman–Crippen LogP) is 17.7. The minimum absolute atomic E-state index is 0.893. The number of anilines is 3. The molecule has 0 amide bonds. The molecule has 0 aliphatic rings. The topological polar surface area (TPSA) is 34.5 Å². The molecule has 14 aromatic rings. The largest absolute Gasteiger partial charge is 0.455 e. The maximum Gasteiger partial charge on any atom is 0.143 e. The Labute approximate surface area is 379 Å². The second-order valence-corrected chi connectivity index (χ2v) is 17.2. The van der Waals surface area contributed by atoms with Crippen LogP contribution in [-0.2, 0) is 0 Å². The standard InChI is InChI=1S/C62H38N2O2/c1-2-14-44(15-3-1)64-55-21-9-8-18-53(55)59-56(22-11-23-57(59)64)63(45-31-24-39(25-32-45)43-30-37-58-54(38-43)52-36-29-40-12-4-6-16-47(40)60(52)65-58)46-33-26-42(27-34-46)49-19-10-20-50-51-35-28-41-13-5-7-17-48(41)62(51)66-61(49)50/h1-38H. The third-order valence-corrected chi connectivity index (χ3v) is 13.6. The summed E-state index contributed by atoms with van der Waals surface area (Å²) in [6.07, 6.45) is 0. The molecule has 11 aromatic carbocycles. The maximum absolute atomic E-state index is 6.78. The summed E-state index contributed by atoms with van der Waals surface area (Å²) in [5.41, 5.74) is 14.7. The van der Waals surface area contributed by atoms with Crippen molar-refractivity contribution in [2.45, 2.75) is 0 Å². The number of furan rings is 2. The molecule has 0 aliphatic heterocycles. The number of hydrogen-bond donors (Lipinski definition) is 0. The van der Waals surface area contributed by atoms with Crippen molar-refractivity contribution >= 4 is 104 Å². The van der Waals surface area contributed by atoms with Crippen molar-refractivity contribution in [1.29, 1.82) is 0 Å². The summed E-state index contributed by atoms with van der Waals surface area (Å²) in [6.45, 7) is 0. The first-order valence-corrected chi connectivity index (χ1v) is 22.5. The Morgan fingerprint density at radius 2 is 0.894 bits per heavy atom. The van der Waals surface area contributed by atoms with E-state index in [1.807, 2.05) is 0 Å². The zero-order valence-electron chi connectivity index (χ0n) is 35.7. The van der Waals surface area contributed by atoms with Crippen LogP contribution in [0.1, 0.15) is 0 Å². The molecule has 0 fully saturated rings. The van der Waals surface area contributed by atoms with Crippen molar-refractivity contribution in [2.75, 3.05) is 4.90 Å². The van der Waals surface area contributed by atoms with E-state index in [1.54, 1.807) is 0 Å². The molecule has 0 aliphatic carbocycles. The van der Waals surface area contributed by atoms with Crippen molar-refractivity contribution in [3.8, 4) is 27.9 Å². The van der Waals surface area contributed by atoms with E-state index >= 15 is 0 Å². The van der Waals surface area contributed by atoms with Gasteiger partial charge in [-0.05, 0) is 106 Å². The minimum atomic E-state index is 0.893. The molecule has 308 valence electrons. The van der Waals surface area contributed by atoms with Gasteiger partial charge in [0.15, 0.2) is 0 Å². The Kier molecular flexibility index (Phi) is 7.95. The molecule has 0 N–H and O–H groups in total. The second-order valence-electron chi connectivity index (χ2n) is 17.2. The Morgan fingerprint density at radius 1 is 0.333 bits per heavy atom. The normalized spacial score (nSPS) is 11.9. The van der Waals surface area contributed by atoms with Crippen LogP contribution in [0.4, 0.5) is 17.1 Å². The quantitative estimate of drug-likeness (QED) is 0.167. The number of nitrogens with zero attached hydrogens (tertiary/aromatic N) is 2. The third kappa shape index (κ3) is 5.52. The van der Waals surface area contributed by atoms with E-state index in [4.69, 9.17) is 8.83 Å². The third-order valence-electron chi connectivity index (χ3n) is 13.6. The van der Waals surface area contributed by atoms with Crippen LogP contribution >= 0.6 is 0 Å². The first-order valence-electron chi connectivity index (χ1n) is 22.5. The molecule has 0 atom stereocenters. The van der Waals surface area contributed by atoms with Gasteiger partial charge in [-0.1, -0.05) is 152 Å². The number of aromatic nitrogens is 1. The van der Waals surface area contributed by atoms with Gasteiger partial charge in [-0.25, -0.2) is 0 Å². The van der Waals surface area contributed by atoms with E-state index in [1.165, 1.54) is 27.1 Å². The van der Waals surface area contributed by atoms with Gasteiger partial charge in [0.1, 0.15) is 22.3 Å². The molecular weight excluding hydrogens is 805 g/mol. The summed E-state index contributed by atoms with van der Waals surface area (Å²) in [4.78, 5) is 2.41. The van der Waals surface area contributed by atoms with Gasteiger partial charge in [0.2, 0.25) is 0 Å². The highest BCUT2D eigenvalue weighted by Crippen LogP contribution is 2.46. The molecule has 4 heteroatoms. The monoisotopic (exact) mass is 842 g/mol. The summed E-state index contributed by atoms with van der Waals surface area (Å²) in [7, 11) is 0. The first kappa shape index (κ1) is 36.6. The van der Waals surface area contributed by atoms with Crippen LogP contribution in [0.5, 0.6) is 0 Å². The highest BCUT2D eigenvalue weighted by Gasteiger charge is 2.22. The molecule has 66 heavy (non-hydrogen) atoms.